The fraction of sp³-hybridized carbons (Fsp3) is 0.333. The molecule has 1 aromatic carbocycles. The van der Waals surface area contributed by atoms with E-state index in [1.54, 1.807) is 7.11 Å². The topological polar surface area (TPSA) is 35.0 Å². The Morgan fingerprint density at radius 1 is 1.31 bits per heavy atom. The Morgan fingerprint density at radius 3 is 2.81 bits per heavy atom. The molecule has 1 aliphatic carbocycles. The third-order valence-corrected chi connectivity index (χ3v) is 3.04. The van der Waals surface area contributed by atoms with Gasteiger partial charge in [0.05, 0.1) is 12.8 Å². The van der Waals surface area contributed by atoms with Gasteiger partial charge in [0.1, 0.15) is 11.3 Å². The second kappa shape index (κ2) is 3.59. The van der Waals surface area contributed by atoms with E-state index in [0.717, 1.165) is 22.3 Å². The molecule has 3 rings (SSSR count). The van der Waals surface area contributed by atoms with Crippen molar-refractivity contribution in [3.63, 3.8) is 0 Å². The van der Waals surface area contributed by atoms with Gasteiger partial charge in [-0.15, -0.1) is 0 Å². The molecule has 0 N–H and O–H groups in total. The number of rotatable bonds is 2. The third-order valence-electron chi connectivity index (χ3n) is 2.88. The summed E-state index contributed by atoms with van der Waals surface area (Å²) in [4.78, 5) is 8.58. The highest BCUT2D eigenvalue weighted by Gasteiger charge is 2.28. The van der Waals surface area contributed by atoms with E-state index in [1.807, 2.05) is 18.2 Å². The average molecular weight is 235 g/mol. The van der Waals surface area contributed by atoms with Gasteiger partial charge in [0.25, 0.3) is 0 Å². The van der Waals surface area contributed by atoms with Crippen LogP contribution in [-0.2, 0) is 0 Å². The second-order valence-electron chi connectivity index (χ2n) is 4.01. The van der Waals surface area contributed by atoms with Crippen LogP contribution < -0.4 is 4.74 Å². The van der Waals surface area contributed by atoms with Crippen LogP contribution in [0.15, 0.2) is 18.2 Å². The minimum Gasteiger partial charge on any atom is -0.494 e. The van der Waals surface area contributed by atoms with Gasteiger partial charge in [-0.1, -0.05) is 12.1 Å². The van der Waals surface area contributed by atoms with E-state index in [1.165, 1.54) is 12.8 Å². The molecule has 0 bridgehead atoms. The molecule has 4 heteroatoms. The first-order valence-corrected chi connectivity index (χ1v) is 5.67. The lowest BCUT2D eigenvalue weighted by Gasteiger charge is -2.08. The van der Waals surface area contributed by atoms with Gasteiger partial charge in [0.2, 0.25) is 5.28 Å². The maximum Gasteiger partial charge on any atom is 0.223 e. The Hall–Kier alpha value is -1.35. The molecule has 1 aromatic heterocycles. The molecule has 1 heterocycles. The minimum absolute atomic E-state index is 0.305. The van der Waals surface area contributed by atoms with Crippen LogP contribution in [-0.4, -0.2) is 17.1 Å². The molecule has 1 aliphatic rings. The monoisotopic (exact) mass is 234 g/mol. The third kappa shape index (κ3) is 1.52. The van der Waals surface area contributed by atoms with Crippen molar-refractivity contribution in [1.82, 2.24) is 9.97 Å². The standard InChI is InChI=1S/C12H11ClN2O/c1-16-9-4-2-3-8-10(7-5-6-7)14-12(13)15-11(8)9/h2-4,7H,5-6H2,1H3. The molecule has 1 fully saturated rings. The lowest BCUT2D eigenvalue weighted by Crippen LogP contribution is -1.95. The Kier molecular flexibility index (Phi) is 2.21. The molecule has 82 valence electrons. The number of ether oxygens (including phenoxy) is 1. The van der Waals surface area contributed by atoms with Crippen LogP contribution in [0.3, 0.4) is 0 Å². The van der Waals surface area contributed by atoms with Crippen molar-refractivity contribution in [2.75, 3.05) is 7.11 Å². The van der Waals surface area contributed by atoms with Crippen molar-refractivity contribution < 1.29 is 4.74 Å². The van der Waals surface area contributed by atoms with Gasteiger partial charge in [-0.25, -0.2) is 9.97 Å². The zero-order valence-corrected chi connectivity index (χ0v) is 9.66. The van der Waals surface area contributed by atoms with Gasteiger partial charge in [-0.05, 0) is 30.5 Å². The zero-order chi connectivity index (χ0) is 11.1. The lowest BCUT2D eigenvalue weighted by molar-refractivity contribution is 0.419. The van der Waals surface area contributed by atoms with Crippen molar-refractivity contribution in [1.29, 1.82) is 0 Å². The van der Waals surface area contributed by atoms with Crippen LogP contribution in [0.4, 0.5) is 0 Å². The first kappa shape index (κ1) is 9.85. The van der Waals surface area contributed by atoms with Crippen molar-refractivity contribution >= 4 is 22.5 Å². The fourth-order valence-corrected chi connectivity index (χ4v) is 2.13. The maximum absolute atomic E-state index is 5.95. The Morgan fingerprint density at radius 2 is 2.12 bits per heavy atom. The number of hydrogen-bond donors (Lipinski definition) is 0. The molecule has 16 heavy (non-hydrogen) atoms. The van der Waals surface area contributed by atoms with Crippen LogP contribution in [0.25, 0.3) is 10.9 Å². The molecular weight excluding hydrogens is 224 g/mol. The van der Waals surface area contributed by atoms with Crippen LogP contribution >= 0.6 is 11.6 Å². The van der Waals surface area contributed by atoms with E-state index in [4.69, 9.17) is 16.3 Å². The molecule has 0 atom stereocenters. The Labute approximate surface area is 98.4 Å². The minimum atomic E-state index is 0.305. The van der Waals surface area contributed by atoms with Crippen LogP contribution in [0.2, 0.25) is 5.28 Å². The number of para-hydroxylation sites is 1. The van der Waals surface area contributed by atoms with Gasteiger partial charge in [-0.3, -0.25) is 0 Å². The fourth-order valence-electron chi connectivity index (χ4n) is 1.95. The predicted octanol–water partition coefficient (Wildman–Crippen LogP) is 3.17. The summed E-state index contributed by atoms with van der Waals surface area (Å²) in [6, 6.07) is 5.88. The highest BCUT2D eigenvalue weighted by Crippen LogP contribution is 2.43. The van der Waals surface area contributed by atoms with E-state index < -0.39 is 0 Å². The van der Waals surface area contributed by atoms with E-state index in [9.17, 15) is 0 Å². The highest BCUT2D eigenvalue weighted by molar-refractivity contribution is 6.28. The molecule has 0 aliphatic heterocycles. The summed E-state index contributed by atoms with van der Waals surface area (Å²) in [5.41, 5.74) is 1.88. The second-order valence-corrected chi connectivity index (χ2v) is 4.35. The largest absolute Gasteiger partial charge is 0.494 e. The smallest absolute Gasteiger partial charge is 0.223 e. The summed E-state index contributed by atoms with van der Waals surface area (Å²) in [5.74, 6) is 1.30. The summed E-state index contributed by atoms with van der Waals surface area (Å²) < 4.78 is 5.29. The number of fused-ring (bicyclic) bond motifs is 1. The SMILES string of the molecule is COc1cccc2c(C3CC3)nc(Cl)nc12. The quantitative estimate of drug-likeness (QED) is 0.749. The number of nitrogens with zero attached hydrogens (tertiary/aromatic N) is 2. The summed E-state index contributed by atoms with van der Waals surface area (Å²) in [5, 5.41) is 1.37. The van der Waals surface area contributed by atoms with E-state index in [-0.39, 0.29) is 0 Å². The molecule has 2 aromatic rings. The number of halogens is 1. The summed E-state index contributed by atoms with van der Waals surface area (Å²) in [7, 11) is 1.64. The van der Waals surface area contributed by atoms with Crippen molar-refractivity contribution in [2.24, 2.45) is 0 Å². The molecule has 0 amide bonds. The van der Waals surface area contributed by atoms with Crippen molar-refractivity contribution in [3.05, 3.63) is 29.2 Å². The van der Waals surface area contributed by atoms with Gasteiger partial charge >= 0.3 is 0 Å². The highest BCUT2D eigenvalue weighted by atomic mass is 35.5. The van der Waals surface area contributed by atoms with E-state index >= 15 is 0 Å². The van der Waals surface area contributed by atoms with Gasteiger partial charge < -0.3 is 4.74 Å². The Bertz CT molecular complexity index is 552. The van der Waals surface area contributed by atoms with E-state index in [2.05, 4.69) is 9.97 Å². The van der Waals surface area contributed by atoms with E-state index in [0.29, 0.717) is 11.2 Å². The van der Waals surface area contributed by atoms with Gasteiger partial charge in [-0.2, -0.15) is 0 Å². The number of hydrogen-bond acceptors (Lipinski definition) is 3. The summed E-state index contributed by atoms with van der Waals surface area (Å²) in [6.07, 6.45) is 2.39. The average Bonchev–Trinajstić information content (AvgIpc) is 3.11. The van der Waals surface area contributed by atoms with Gasteiger partial charge in [0.15, 0.2) is 0 Å². The Balaban J connectivity index is 2.33. The predicted molar refractivity (Wildman–Crippen MR) is 63.1 cm³/mol. The number of benzene rings is 1. The summed E-state index contributed by atoms with van der Waals surface area (Å²) in [6.45, 7) is 0. The number of aromatic nitrogens is 2. The molecule has 0 radical (unpaired) electrons. The zero-order valence-electron chi connectivity index (χ0n) is 8.90. The van der Waals surface area contributed by atoms with Crippen LogP contribution in [0.5, 0.6) is 5.75 Å². The van der Waals surface area contributed by atoms with Gasteiger partial charge in [0, 0.05) is 11.3 Å². The summed E-state index contributed by atoms with van der Waals surface area (Å²) >= 11 is 5.95. The molecule has 3 nitrogen and oxygen atoms in total. The van der Waals surface area contributed by atoms with Crippen molar-refractivity contribution in [2.45, 2.75) is 18.8 Å². The molecular formula is C12H11ClN2O. The van der Waals surface area contributed by atoms with Crippen LogP contribution in [0, 0.1) is 0 Å². The molecule has 0 unspecified atom stereocenters. The molecule has 0 saturated heterocycles. The van der Waals surface area contributed by atoms with Crippen LogP contribution in [0.1, 0.15) is 24.5 Å². The van der Waals surface area contributed by atoms with Crippen molar-refractivity contribution in [3.8, 4) is 5.75 Å². The molecule has 0 spiro atoms. The number of methoxy groups -OCH3 is 1. The first-order valence-electron chi connectivity index (χ1n) is 5.29. The molecule has 1 saturated carbocycles. The lowest BCUT2D eigenvalue weighted by atomic mass is 10.1. The maximum atomic E-state index is 5.95. The first-order chi connectivity index (χ1) is 7.79. The normalized spacial score (nSPS) is 15.4.